The quantitative estimate of drug-likeness (QED) is 0.260. The topological polar surface area (TPSA) is 42.1 Å². The highest BCUT2D eigenvalue weighted by Gasteiger charge is 2.46. The van der Waals surface area contributed by atoms with E-state index in [9.17, 15) is 0 Å². The summed E-state index contributed by atoms with van der Waals surface area (Å²) >= 11 is 0. The molecule has 4 aromatic carbocycles. The number of hydrogen-bond donors (Lipinski definition) is 1. The number of hydrazine groups is 1. The van der Waals surface area contributed by atoms with E-state index in [0.717, 1.165) is 5.69 Å². The van der Waals surface area contributed by atoms with Crippen LogP contribution in [0.3, 0.4) is 0 Å². The van der Waals surface area contributed by atoms with Crippen LogP contribution in [0.5, 0.6) is 0 Å². The molecule has 0 bridgehead atoms. The van der Waals surface area contributed by atoms with Crippen LogP contribution in [0.25, 0.3) is 11.1 Å². The molecule has 0 radical (unpaired) electrons. The van der Waals surface area contributed by atoms with E-state index in [-0.39, 0.29) is 0 Å². The molecular weight excluding hydrogens is 402 g/mol. The monoisotopic (exact) mass is 425 g/mol. The molecule has 0 aliphatic heterocycles. The van der Waals surface area contributed by atoms with Gasteiger partial charge in [-0.15, -0.1) is 0 Å². The molecule has 1 aliphatic rings. The van der Waals surface area contributed by atoms with Gasteiger partial charge in [-0.05, 0) is 57.6 Å². The normalized spacial score (nSPS) is 13.2. The number of rotatable bonds is 4. The summed E-state index contributed by atoms with van der Waals surface area (Å²) < 4.78 is 0. The molecule has 0 fully saturated rings. The summed E-state index contributed by atoms with van der Waals surface area (Å²) in [4.78, 5) is 4.44. The number of anilines is 2. The molecule has 33 heavy (non-hydrogen) atoms. The minimum Gasteiger partial charge on any atom is -0.262 e. The molecule has 6 rings (SSSR count). The molecule has 5 aromatic rings. The SMILES string of the molecule is NN(c1ccc2c(c1)C(c1ccccc1)(c1ccccc1)c1ccccc1-2)c1ccccn1. The second-order valence-electron chi connectivity index (χ2n) is 8.32. The first-order chi connectivity index (χ1) is 16.3. The summed E-state index contributed by atoms with van der Waals surface area (Å²) in [7, 11) is 0. The molecular formula is C30H23N3. The lowest BCUT2D eigenvalue weighted by molar-refractivity contribution is 0.768. The number of nitrogens with zero attached hydrogens (tertiary/aromatic N) is 2. The van der Waals surface area contributed by atoms with Gasteiger partial charge in [0.1, 0.15) is 5.82 Å². The van der Waals surface area contributed by atoms with Gasteiger partial charge < -0.3 is 0 Å². The predicted octanol–water partition coefficient (Wildman–Crippen LogP) is 6.46. The van der Waals surface area contributed by atoms with E-state index in [0.29, 0.717) is 5.82 Å². The lowest BCUT2D eigenvalue weighted by Gasteiger charge is -2.34. The number of aromatic nitrogens is 1. The number of nitrogens with two attached hydrogens (primary N) is 1. The molecule has 3 heteroatoms. The molecule has 0 atom stereocenters. The van der Waals surface area contributed by atoms with Crippen molar-refractivity contribution in [3.05, 3.63) is 150 Å². The molecule has 2 N–H and O–H groups in total. The second-order valence-corrected chi connectivity index (χ2v) is 8.32. The van der Waals surface area contributed by atoms with Crippen molar-refractivity contribution in [1.29, 1.82) is 0 Å². The van der Waals surface area contributed by atoms with Crippen LogP contribution in [-0.4, -0.2) is 4.98 Å². The molecule has 0 amide bonds. The van der Waals surface area contributed by atoms with E-state index < -0.39 is 5.41 Å². The molecule has 0 unspecified atom stereocenters. The third-order valence-corrected chi connectivity index (χ3v) is 6.62. The van der Waals surface area contributed by atoms with Crippen molar-refractivity contribution in [1.82, 2.24) is 4.98 Å². The van der Waals surface area contributed by atoms with Crippen LogP contribution < -0.4 is 10.9 Å². The van der Waals surface area contributed by atoms with Crippen molar-refractivity contribution >= 4 is 11.5 Å². The Hall–Kier alpha value is -4.21. The van der Waals surface area contributed by atoms with Crippen molar-refractivity contribution in [2.75, 3.05) is 5.01 Å². The van der Waals surface area contributed by atoms with Gasteiger partial charge in [-0.3, -0.25) is 5.01 Å². The van der Waals surface area contributed by atoms with Crippen LogP contribution in [0.15, 0.2) is 128 Å². The summed E-state index contributed by atoms with van der Waals surface area (Å²) in [6, 6.07) is 42.5. The zero-order chi connectivity index (χ0) is 22.3. The van der Waals surface area contributed by atoms with E-state index in [1.807, 2.05) is 18.2 Å². The Balaban J connectivity index is 1.67. The van der Waals surface area contributed by atoms with E-state index in [1.165, 1.54) is 33.4 Å². The number of hydrogen-bond acceptors (Lipinski definition) is 3. The van der Waals surface area contributed by atoms with Gasteiger partial charge in [0, 0.05) is 6.20 Å². The number of fused-ring (bicyclic) bond motifs is 3. The summed E-state index contributed by atoms with van der Waals surface area (Å²) in [5, 5.41) is 1.66. The fourth-order valence-electron chi connectivity index (χ4n) is 5.21. The Morgan fingerprint density at radius 1 is 0.576 bits per heavy atom. The van der Waals surface area contributed by atoms with E-state index in [1.54, 1.807) is 11.2 Å². The van der Waals surface area contributed by atoms with E-state index in [4.69, 9.17) is 5.84 Å². The van der Waals surface area contributed by atoms with Crippen molar-refractivity contribution in [2.24, 2.45) is 5.84 Å². The maximum atomic E-state index is 6.55. The molecule has 158 valence electrons. The van der Waals surface area contributed by atoms with Crippen molar-refractivity contribution < 1.29 is 0 Å². The Kier molecular flexibility index (Phi) is 4.56. The van der Waals surface area contributed by atoms with Crippen LogP contribution in [0.2, 0.25) is 0 Å². The maximum Gasteiger partial charge on any atom is 0.147 e. The van der Waals surface area contributed by atoms with Crippen molar-refractivity contribution in [3.8, 4) is 11.1 Å². The summed E-state index contributed by atoms with van der Waals surface area (Å²) in [5.74, 6) is 7.26. The Morgan fingerprint density at radius 2 is 1.18 bits per heavy atom. The second kappa shape index (κ2) is 7.73. The average Bonchev–Trinajstić information content (AvgIpc) is 3.20. The zero-order valence-corrected chi connectivity index (χ0v) is 18.1. The Labute approximate surface area is 193 Å². The fourth-order valence-corrected chi connectivity index (χ4v) is 5.21. The van der Waals surface area contributed by atoms with Gasteiger partial charge in [0.05, 0.1) is 11.1 Å². The van der Waals surface area contributed by atoms with Crippen LogP contribution in [0.1, 0.15) is 22.3 Å². The van der Waals surface area contributed by atoms with Crippen LogP contribution in [0.4, 0.5) is 11.5 Å². The number of pyridine rings is 1. The van der Waals surface area contributed by atoms with Crippen molar-refractivity contribution in [2.45, 2.75) is 5.41 Å². The van der Waals surface area contributed by atoms with Gasteiger partial charge in [0.25, 0.3) is 0 Å². The fraction of sp³-hybridized carbons (Fsp3) is 0.0333. The van der Waals surface area contributed by atoms with Crippen molar-refractivity contribution in [3.63, 3.8) is 0 Å². The molecule has 0 saturated carbocycles. The van der Waals surface area contributed by atoms with Gasteiger partial charge in [-0.2, -0.15) is 0 Å². The maximum absolute atomic E-state index is 6.55. The predicted molar refractivity (Wildman–Crippen MR) is 134 cm³/mol. The molecule has 1 aliphatic carbocycles. The minimum absolute atomic E-state index is 0.435. The van der Waals surface area contributed by atoms with Gasteiger partial charge in [-0.1, -0.05) is 97.1 Å². The van der Waals surface area contributed by atoms with Gasteiger partial charge in [0.2, 0.25) is 0 Å². The average molecular weight is 426 g/mol. The molecule has 3 nitrogen and oxygen atoms in total. The first-order valence-corrected chi connectivity index (χ1v) is 11.1. The summed E-state index contributed by atoms with van der Waals surface area (Å²) in [5.41, 5.74) is 7.94. The van der Waals surface area contributed by atoms with Crippen LogP contribution in [0, 0.1) is 0 Å². The van der Waals surface area contributed by atoms with Gasteiger partial charge in [-0.25, -0.2) is 10.8 Å². The van der Waals surface area contributed by atoms with E-state index in [2.05, 4.69) is 108 Å². The first kappa shape index (κ1) is 19.5. The van der Waals surface area contributed by atoms with Crippen LogP contribution in [-0.2, 0) is 5.41 Å². The Bertz CT molecular complexity index is 1370. The highest BCUT2D eigenvalue weighted by Crippen LogP contribution is 2.56. The van der Waals surface area contributed by atoms with Gasteiger partial charge >= 0.3 is 0 Å². The van der Waals surface area contributed by atoms with Gasteiger partial charge in [0.15, 0.2) is 0 Å². The highest BCUT2D eigenvalue weighted by molar-refractivity contribution is 5.87. The molecule has 0 spiro atoms. The molecule has 1 heterocycles. The minimum atomic E-state index is -0.435. The highest BCUT2D eigenvalue weighted by atomic mass is 15.4. The zero-order valence-electron chi connectivity index (χ0n) is 18.1. The standard InChI is InChI=1S/C30H23N3/c31-33(29-17-9-10-20-32-29)24-18-19-26-25-15-7-8-16-27(25)30(28(26)21-24,22-11-3-1-4-12-22)23-13-5-2-6-14-23/h1-21H,31H2. The molecule has 0 saturated heterocycles. The summed E-state index contributed by atoms with van der Waals surface area (Å²) in [6.45, 7) is 0. The summed E-state index contributed by atoms with van der Waals surface area (Å²) in [6.07, 6.45) is 1.76. The smallest absolute Gasteiger partial charge is 0.147 e. The Morgan fingerprint density at radius 3 is 1.85 bits per heavy atom. The third kappa shape index (κ3) is 2.90. The van der Waals surface area contributed by atoms with Crippen LogP contribution >= 0.6 is 0 Å². The van der Waals surface area contributed by atoms with E-state index >= 15 is 0 Å². The lowest BCUT2D eigenvalue weighted by Crippen LogP contribution is -2.30. The largest absolute Gasteiger partial charge is 0.262 e. The lowest BCUT2D eigenvalue weighted by atomic mass is 9.67. The molecule has 1 aromatic heterocycles. The third-order valence-electron chi connectivity index (χ3n) is 6.62. The first-order valence-electron chi connectivity index (χ1n) is 11.1. The number of benzene rings is 4.